The minimum absolute atomic E-state index is 0. The number of aromatic nitrogens is 5. The first-order valence-corrected chi connectivity index (χ1v) is 13.7. The maximum Gasteiger partial charge on any atom is 0.251 e. The highest BCUT2D eigenvalue weighted by atomic mass is 35.5. The van der Waals surface area contributed by atoms with Gasteiger partial charge in [-0.05, 0) is 56.2 Å². The monoisotopic (exact) mass is 529 g/mol. The smallest absolute Gasteiger partial charge is 0.251 e. The van der Waals surface area contributed by atoms with Crippen LogP contribution in [0.2, 0.25) is 0 Å². The van der Waals surface area contributed by atoms with Gasteiger partial charge in [-0.3, -0.25) is 9.48 Å². The fourth-order valence-corrected chi connectivity index (χ4v) is 4.35. The fraction of sp³-hybridized carbons (Fsp3) is 0.571. The van der Waals surface area contributed by atoms with Gasteiger partial charge in [0.25, 0.3) is 5.91 Å². The van der Waals surface area contributed by atoms with Gasteiger partial charge in [0.05, 0.1) is 17.9 Å². The van der Waals surface area contributed by atoms with Crippen LogP contribution in [0.15, 0.2) is 36.7 Å². The third kappa shape index (κ3) is 11.8. The molecule has 0 fully saturated rings. The van der Waals surface area contributed by atoms with Crippen molar-refractivity contribution < 1.29 is 4.79 Å². The number of aryl methyl sites for hydroxylation is 3. The van der Waals surface area contributed by atoms with E-state index < -0.39 is 0 Å². The lowest BCUT2D eigenvalue weighted by atomic mass is 10.0. The van der Waals surface area contributed by atoms with Gasteiger partial charge in [-0.1, -0.05) is 69.2 Å². The van der Waals surface area contributed by atoms with E-state index in [1.165, 1.54) is 50.5 Å². The van der Waals surface area contributed by atoms with E-state index in [2.05, 4.69) is 44.7 Å². The molecule has 3 aromatic rings. The Kier molecular flexibility index (Phi) is 14.4. The first-order chi connectivity index (χ1) is 17.6. The first kappa shape index (κ1) is 30.4. The number of benzene rings is 1. The van der Waals surface area contributed by atoms with Gasteiger partial charge in [0.1, 0.15) is 0 Å². The molecular formula is C28H44ClN7O. The summed E-state index contributed by atoms with van der Waals surface area (Å²) in [6.45, 7) is 3.38. The lowest BCUT2D eigenvalue weighted by Gasteiger charge is -2.07. The van der Waals surface area contributed by atoms with E-state index in [1.807, 2.05) is 24.5 Å². The van der Waals surface area contributed by atoms with Crippen molar-refractivity contribution in [1.29, 1.82) is 0 Å². The van der Waals surface area contributed by atoms with Crippen LogP contribution in [0.5, 0.6) is 0 Å². The van der Waals surface area contributed by atoms with E-state index in [-0.39, 0.29) is 18.3 Å². The Morgan fingerprint density at radius 3 is 2.27 bits per heavy atom. The van der Waals surface area contributed by atoms with E-state index in [0.717, 1.165) is 49.9 Å². The number of amides is 1. The van der Waals surface area contributed by atoms with Crippen LogP contribution in [-0.2, 0) is 25.8 Å². The van der Waals surface area contributed by atoms with Crippen molar-refractivity contribution in [3.63, 3.8) is 0 Å². The number of nitrogen functional groups attached to an aromatic ring is 1. The predicted molar refractivity (Wildman–Crippen MR) is 152 cm³/mol. The van der Waals surface area contributed by atoms with Gasteiger partial charge in [-0.2, -0.15) is 0 Å². The quantitative estimate of drug-likeness (QED) is 0.183. The summed E-state index contributed by atoms with van der Waals surface area (Å²) in [5.74, 6) is 0.432. The molecule has 1 aromatic carbocycles. The molecule has 37 heavy (non-hydrogen) atoms. The molecule has 0 aliphatic heterocycles. The Morgan fingerprint density at radius 1 is 0.919 bits per heavy atom. The van der Waals surface area contributed by atoms with E-state index in [0.29, 0.717) is 24.6 Å². The normalized spacial score (nSPS) is 10.8. The molecule has 0 radical (unpaired) electrons. The summed E-state index contributed by atoms with van der Waals surface area (Å²) < 4.78 is 1.80. The maximum atomic E-state index is 12.5. The molecule has 0 atom stereocenters. The maximum absolute atomic E-state index is 12.5. The minimum Gasteiger partial charge on any atom is -0.369 e. The summed E-state index contributed by atoms with van der Waals surface area (Å²) in [6.07, 6.45) is 19.2. The Labute approximate surface area is 227 Å². The third-order valence-corrected chi connectivity index (χ3v) is 6.51. The highest BCUT2D eigenvalue weighted by molar-refractivity contribution is 5.94. The number of aromatic amines is 1. The zero-order valence-electron chi connectivity index (χ0n) is 22.3. The number of carbonyl (C=O) groups excluding carboxylic acids is 1. The zero-order chi connectivity index (χ0) is 25.4. The number of nitrogens with one attached hydrogen (secondary N) is 2. The molecule has 0 saturated carbocycles. The van der Waals surface area contributed by atoms with Crippen LogP contribution < -0.4 is 11.1 Å². The van der Waals surface area contributed by atoms with Crippen LogP contribution in [-0.4, -0.2) is 37.4 Å². The SMILES string of the molecule is CCCCCCCCCc1ccc(C(=O)NCCn2cc(CCCCCc3c[nH]c(N)n3)nn2)cc1.Cl. The standard InChI is InChI=1S/C28H43N7O.ClH/c1-2-3-4-5-6-7-9-12-23-15-17-24(18-16-23)27(36)30-19-20-35-22-26(33-34-35)14-11-8-10-13-25-21-31-28(29)32-25;/h15-18,21-22H,2-14,19-20H2,1H3,(H,30,36)(H3,29,31,32);1H. The van der Waals surface area contributed by atoms with Gasteiger partial charge >= 0.3 is 0 Å². The summed E-state index contributed by atoms with van der Waals surface area (Å²) in [7, 11) is 0. The highest BCUT2D eigenvalue weighted by Gasteiger charge is 2.06. The lowest BCUT2D eigenvalue weighted by Crippen LogP contribution is -2.27. The van der Waals surface area contributed by atoms with Gasteiger partial charge in [-0.15, -0.1) is 17.5 Å². The summed E-state index contributed by atoms with van der Waals surface area (Å²) >= 11 is 0. The van der Waals surface area contributed by atoms with Crippen LogP contribution >= 0.6 is 12.4 Å². The fourth-order valence-electron chi connectivity index (χ4n) is 4.35. The van der Waals surface area contributed by atoms with Crippen LogP contribution in [0.4, 0.5) is 5.95 Å². The summed E-state index contributed by atoms with van der Waals surface area (Å²) in [6, 6.07) is 8.03. The molecule has 8 nitrogen and oxygen atoms in total. The van der Waals surface area contributed by atoms with Crippen molar-refractivity contribution in [1.82, 2.24) is 30.3 Å². The Balaban J connectivity index is 0.00000481. The topological polar surface area (TPSA) is 115 Å². The summed E-state index contributed by atoms with van der Waals surface area (Å²) in [4.78, 5) is 19.6. The molecule has 2 heterocycles. The number of unbranched alkanes of at least 4 members (excludes halogenated alkanes) is 8. The minimum atomic E-state index is -0.0449. The van der Waals surface area contributed by atoms with Crippen molar-refractivity contribution in [3.05, 3.63) is 59.2 Å². The number of anilines is 1. The number of nitrogens with zero attached hydrogens (tertiary/aromatic N) is 4. The summed E-state index contributed by atoms with van der Waals surface area (Å²) in [5.41, 5.74) is 9.61. The van der Waals surface area contributed by atoms with E-state index >= 15 is 0 Å². The van der Waals surface area contributed by atoms with E-state index in [9.17, 15) is 4.79 Å². The van der Waals surface area contributed by atoms with Crippen molar-refractivity contribution >= 4 is 24.3 Å². The van der Waals surface area contributed by atoms with Gasteiger partial charge < -0.3 is 16.0 Å². The number of hydrogen-bond acceptors (Lipinski definition) is 5. The molecule has 0 aliphatic rings. The largest absolute Gasteiger partial charge is 0.369 e. The number of carbonyl (C=O) groups is 1. The molecule has 0 unspecified atom stereocenters. The molecular weight excluding hydrogens is 486 g/mol. The van der Waals surface area contributed by atoms with Crippen LogP contribution in [0.3, 0.4) is 0 Å². The Bertz CT molecular complexity index is 1020. The van der Waals surface area contributed by atoms with E-state index in [4.69, 9.17) is 5.73 Å². The average molecular weight is 530 g/mol. The third-order valence-electron chi connectivity index (χ3n) is 6.51. The van der Waals surface area contributed by atoms with Gasteiger partial charge in [0.2, 0.25) is 0 Å². The number of nitrogens with two attached hydrogens (primary N) is 1. The Hall–Kier alpha value is -2.87. The molecule has 2 aromatic heterocycles. The number of halogens is 1. The number of imidazole rings is 1. The first-order valence-electron chi connectivity index (χ1n) is 13.7. The second-order valence-electron chi connectivity index (χ2n) is 9.63. The summed E-state index contributed by atoms with van der Waals surface area (Å²) in [5, 5.41) is 11.4. The lowest BCUT2D eigenvalue weighted by molar-refractivity contribution is 0.0952. The molecule has 3 rings (SSSR count). The van der Waals surface area contributed by atoms with Gasteiger partial charge in [-0.25, -0.2) is 4.98 Å². The van der Waals surface area contributed by atoms with Crippen LogP contribution in [0.1, 0.15) is 98.4 Å². The molecule has 0 spiro atoms. The van der Waals surface area contributed by atoms with Crippen molar-refractivity contribution in [3.8, 4) is 0 Å². The molecule has 1 amide bonds. The molecule has 4 N–H and O–H groups in total. The van der Waals surface area contributed by atoms with Gasteiger partial charge in [0.15, 0.2) is 5.95 Å². The predicted octanol–water partition coefficient (Wildman–Crippen LogP) is 5.68. The number of H-pyrrole nitrogens is 1. The molecule has 9 heteroatoms. The molecule has 0 aliphatic carbocycles. The average Bonchev–Trinajstić information content (AvgIpc) is 3.52. The number of rotatable bonds is 18. The van der Waals surface area contributed by atoms with Crippen molar-refractivity contribution in [2.75, 3.05) is 12.3 Å². The Morgan fingerprint density at radius 2 is 1.57 bits per heavy atom. The number of hydrogen-bond donors (Lipinski definition) is 3. The molecule has 204 valence electrons. The second kappa shape index (κ2) is 17.6. The van der Waals surface area contributed by atoms with Crippen molar-refractivity contribution in [2.24, 2.45) is 0 Å². The second-order valence-corrected chi connectivity index (χ2v) is 9.63. The molecule has 0 saturated heterocycles. The van der Waals surface area contributed by atoms with Crippen molar-refractivity contribution in [2.45, 2.75) is 96.9 Å². The highest BCUT2D eigenvalue weighted by Crippen LogP contribution is 2.12. The zero-order valence-corrected chi connectivity index (χ0v) is 23.1. The molecule has 0 bridgehead atoms. The van der Waals surface area contributed by atoms with Gasteiger partial charge in [0, 0.05) is 24.5 Å². The van der Waals surface area contributed by atoms with E-state index in [1.54, 1.807) is 4.68 Å². The van der Waals surface area contributed by atoms with Crippen LogP contribution in [0.25, 0.3) is 0 Å². The van der Waals surface area contributed by atoms with Crippen LogP contribution in [0, 0.1) is 0 Å².